The molecule has 2 aromatic rings. The van der Waals surface area contributed by atoms with Crippen LogP contribution >= 0.6 is 11.5 Å². The van der Waals surface area contributed by atoms with Gasteiger partial charge in [-0.2, -0.15) is 0 Å². The van der Waals surface area contributed by atoms with Crippen molar-refractivity contribution in [2.75, 3.05) is 19.6 Å². The van der Waals surface area contributed by atoms with E-state index in [0.29, 0.717) is 18.7 Å². The third-order valence-electron chi connectivity index (χ3n) is 3.67. The summed E-state index contributed by atoms with van der Waals surface area (Å²) in [6.07, 6.45) is 1.86. The number of carbonyl (C=O) groups is 2. The molecule has 1 saturated heterocycles. The monoisotopic (exact) mass is 330 g/mol. The summed E-state index contributed by atoms with van der Waals surface area (Å²) in [5.41, 5.74) is 2.90. The van der Waals surface area contributed by atoms with Gasteiger partial charge in [0, 0.05) is 43.3 Å². The maximum absolute atomic E-state index is 12.4. The largest absolute Gasteiger partial charge is 0.353 e. The Kier molecular flexibility index (Phi) is 4.99. The highest BCUT2D eigenvalue weighted by molar-refractivity contribution is 7.03. The van der Waals surface area contributed by atoms with Gasteiger partial charge in [0.15, 0.2) is 0 Å². The first-order valence-corrected chi connectivity index (χ1v) is 8.30. The first-order valence-electron chi connectivity index (χ1n) is 7.46. The zero-order valence-electron chi connectivity index (χ0n) is 12.6. The van der Waals surface area contributed by atoms with Gasteiger partial charge < -0.3 is 15.5 Å². The van der Waals surface area contributed by atoms with Gasteiger partial charge in [-0.05, 0) is 34.8 Å². The van der Waals surface area contributed by atoms with Gasteiger partial charge in [-0.15, -0.1) is 0 Å². The maximum atomic E-state index is 12.4. The van der Waals surface area contributed by atoms with Crippen molar-refractivity contribution in [1.29, 1.82) is 0 Å². The Morgan fingerprint density at radius 1 is 1.26 bits per heavy atom. The van der Waals surface area contributed by atoms with Crippen molar-refractivity contribution in [1.82, 2.24) is 19.9 Å². The van der Waals surface area contributed by atoms with E-state index in [1.54, 1.807) is 4.90 Å². The van der Waals surface area contributed by atoms with Crippen molar-refractivity contribution in [2.24, 2.45) is 0 Å². The van der Waals surface area contributed by atoms with Gasteiger partial charge in [0.05, 0.1) is 6.54 Å². The molecule has 6 nitrogen and oxygen atoms in total. The van der Waals surface area contributed by atoms with Gasteiger partial charge in [-0.3, -0.25) is 9.59 Å². The summed E-state index contributed by atoms with van der Waals surface area (Å²) >= 11 is 1.44. The minimum Gasteiger partial charge on any atom is -0.353 e. The summed E-state index contributed by atoms with van der Waals surface area (Å²) in [6.45, 7) is 2.72. The fourth-order valence-electron chi connectivity index (χ4n) is 2.42. The molecule has 2 N–H and O–H groups in total. The quantitative estimate of drug-likeness (QED) is 0.858. The first-order chi connectivity index (χ1) is 11.2. The summed E-state index contributed by atoms with van der Waals surface area (Å²) in [5, 5.41) is 8.08. The Bertz CT molecular complexity index is 670. The van der Waals surface area contributed by atoms with E-state index in [4.69, 9.17) is 0 Å². The van der Waals surface area contributed by atoms with Crippen molar-refractivity contribution in [3.05, 3.63) is 52.5 Å². The van der Waals surface area contributed by atoms with Gasteiger partial charge >= 0.3 is 0 Å². The molecule has 2 amide bonds. The molecule has 2 heterocycles. The van der Waals surface area contributed by atoms with Crippen LogP contribution in [0.5, 0.6) is 0 Å². The predicted molar refractivity (Wildman–Crippen MR) is 88.0 cm³/mol. The van der Waals surface area contributed by atoms with Gasteiger partial charge in [0.25, 0.3) is 5.91 Å². The number of hydrogen-bond acceptors (Lipinski definition) is 5. The summed E-state index contributed by atoms with van der Waals surface area (Å²) in [6, 6.07) is 7.52. The number of rotatable bonds is 5. The van der Waals surface area contributed by atoms with E-state index in [-0.39, 0.29) is 18.4 Å². The van der Waals surface area contributed by atoms with E-state index in [9.17, 15) is 9.59 Å². The second-order valence-corrected chi connectivity index (χ2v) is 6.07. The Morgan fingerprint density at radius 3 is 2.74 bits per heavy atom. The Labute approximate surface area is 138 Å². The Hall–Kier alpha value is -2.25. The molecular formula is C16H18N4O2S. The molecule has 0 aliphatic carbocycles. The maximum Gasteiger partial charge on any atom is 0.254 e. The minimum absolute atomic E-state index is 0.0938. The van der Waals surface area contributed by atoms with Crippen LogP contribution in [0.1, 0.15) is 21.5 Å². The molecule has 0 spiro atoms. The molecule has 1 fully saturated rings. The normalized spacial score (nSPS) is 14.6. The molecule has 23 heavy (non-hydrogen) atoms. The molecule has 0 unspecified atom stereocenters. The lowest BCUT2D eigenvalue weighted by molar-refractivity contribution is -0.123. The SMILES string of the molecule is O=C1CN(C(=O)c2ccc(CNCc3cnsc3)cc2)CCN1. The van der Waals surface area contributed by atoms with Gasteiger partial charge in [0.2, 0.25) is 5.91 Å². The number of nitrogens with one attached hydrogen (secondary N) is 2. The molecule has 120 valence electrons. The van der Waals surface area contributed by atoms with Crippen molar-refractivity contribution in [3.63, 3.8) is 0 Å². The highest BCUT2D eigenvalue weighted by Crippen LogP contribution is 2.09. The van der Waals surface area contributed by atoms with Gasteiger partial charge in [-0.25, -0.2) is 4.37 Å². The highest BCUT2D eigenvalue weighted by Gasteiger charge is 2.21. The van der Waals surface area contributed by atoms with Crippen LogP contribution in [0.15, 0.2) is 35.8 Å². The number of hydrogen-bond donors (Lipinski definition) is 2. The van der Waals surface area contributed by atoms with Crippen molar-refractivity contribution < 1.29 is 9.59 Å². The second kappa shape index (κ2) is 7.34. The van der Waals surface area contributed by atoms with E-state index >= 15 is 0 Å². The molecular weight excluding hydrogens is 312 g/mol. The van der Waals surface area contributed by atoms with Crippen LogP contribution in [0.4, 0.5) is 0 Å². The molecule has 1 aromatic heterocycles. The number of carbonyl (C=O) groups excluding carboxylic acids is 2. The third-order valence-corrected chi connectivity index (χ3v) is 4.30. The van der Waals surface area contributed by atoms with Crippen LogP contribution in [0.3, 0.4) is 0 Å². The zero-order chi connectivity index (χ0) is 16.1. The van der Waals surface area contributed by atoms with Crippen molar-refractivity contribution >= 4 is 23.3 Å². The van der Waals surface area contributed by atoms with Crippen molar-refractivity contribution in [3.8, 4) is 0 Å². The first kappa shape index (κ1) is 15.6. The molecule has 1 aliphatic rings. The van der Waals surface area contributed by atoms with E-state index < -0.39 is 0 Å². The second-order valence-electron chi connectivity index (χ2n) is 5.41. The number of aromatic nitrogens is 1. The number of benzene rings is 1. The molecule has 1 aliphatic heterocycles. The summed E-state index contributed by atoms with van der Waals surface area (Å²) in [5.74, 6) is -0.197. The Morgan fingerprint density at radius 2 is 2.04 bits per heavy atom. The smallest absolute Gasteiger partial charge is 0.254 e. The number of amides is 2. The minimum atomic E-state index is -0.103. The van der Waals surface area contributed by atoms with Crippen LogP contribution in [0, 0.1) is 0 Å². The molecule has 3 rings (SSSR count). The molecule has 7 heteroatoms. The molecule has 1 aromatic carbocycles. The third kappa shape index (κ3) is 4.14. The standard InChI is InChI=1S/C16H18N4O2S/c21-15-10-20(6-5-18-15)16(22)14-3-1-12(2-4-14)7-17-8-13-9-19-23-11-13/h1-4,9,11,17H,5-8,10H2,(H,18,21). The lowest BCUT2D eigenvalue weighted by Gasteiger charge is -2.26. The van der Waals surface area contributed by atoms with Crippen LogP contribution in [-0.4, -0.2) is 40.7 Å². The topological polar surface area (TPSA) is 74.3 Å². The van der Waals surface area contributed by atoms with Gasteiger partial charge in [0.1, 0.15) is 0 Å². The Balaban J connectivity index is 1.53. The summed E-state index contributed by atoms with van der Waals surface area (Å²) < 4.78 is 4.06. The van der Waals surface area contributed by atoms with E-state index in [1.807, 2.05) is 35.8 Å². The van der Waals surface area contributed by atoms with Crippen molar-refractivity contribution in [2.45, 2.75) is 13.1 Å². The fraction of sp³-hybridized carbons (Fsp3) is 0.312. The zero-order valence-corrected chi connectivity index (χ0v) is 13.4. The lowest BCUT2D eigenvalue weighted by Crippen LogP contribution is -2.49. The fourth-order valence-corrected chi connectivity index (χ4v) is 2.96. The molecule has 0 radical (unpaired) electrons. The predicted octanol–water partition coefficient (Wildman–Crippen LogP) is 1.00. The summed E-state index contributed by atoms with van der Waals surface area (Å²) in [4.78, 5) is 25.3. The summed E-state index contributed by atoms with van der Waals surface area (Å²) in [7, 11) is 0. The van der Waals surface area contributed by atoms with E-state index in [2.05, 4.69) is 15.0 Å². The highest BCUT2D eigenvalue weighted by atomic mass is 32.1. The van der Waals surface area contributed by atoms with E-state index in [1.165, 1.54) is 17.1 Å². The average molecular weight is 330 g/mol. The average Bonchev–Trinajstić information content (AvgIpc) is 3.08. The van der Waals surface area contributed by atoms with E-state index in [0.717, 1.165) is 18.7 Å². The molecule has 0 saturated carbocycles. The number of piperazine rings is 1. The van der Waals surface area contributed by atoms with Crippen LogP contribution in [0.2, 0.25) is 0 Å². The lowest BCUT2D eigenvalue weighted by atomic mass is 10.1. The number of nitrogens with zero attached hydrogens (tertiary/aromatic N) is 2. The van der Waals surface area contributed by atoms with Gasteiger partial charge in [-0.1, -0.05) is 12.1 Å². The molecule has 0 bridgehead atoms. The molecule has 0 atom stereocenters. The van der Waals surface area contributed by atoms with Crippen LogP contribution < -0.4 is 10.6 Å². The van der Waals surface area contributed by atoms with Crippen LogP contribution in [0.25, 0.3) is 0 Å². The van der Waals surface area contributed by atoms with Crippen LogP contribution in [-0.2, 0) is 17.9 Å².